The molecule has 4 rings (SSSR count). The molecular weight excluding hydrogens is 410 g/mol. The van der Waals surface area contributed by atoms with Crippen LogP contribution in [0.2, 0.25) is 0 Å². The third-order valence-corrected chi connectivity index (χ3v) is 7.08. The number of methoxy groups -OCH3 is 2. The topological polar surface area (TPSA) is 66.6 Å². The molecule has 0 unspecified atom stereocenters. The standard InChI is InChI=1S/C24H33N3O3S/c1-29-21-13-16-12-17(23(28)26-20(16)14-22(21)30-2)15-27(19-10-6-7-11-19)24(31)25-18-8-4-3-5-9-18/h12-14,18-19H,3-11,15H2,1-2H3,(H,25,31)(H,26,28). The Morgan fingerprint density at radius 1 is 1.03 bits per heavy atom. The SMILES string of the molecule is COc1cc2cc(CN(C(=S)NC3CCCCC3)C3CCCC3)c(=O)[nH]c2cc1OC. The molecule has 2 aliphatic carbocycles. The first-order valence-electron chi connectivity index (χ1n) is 11.4. The number of hydrogen-bond acceptors (Lipinski definition) is 4. The van der Waals surface area contributed by atoms with Gasteiger partial charge < -0.3 is 24.7 Å². The van der Waals surface area contributed by atoms with E-state index in [0.29, 0.717) is 30.1 Å². The van der Waals surface area contributed by atoms with Crippen molar-refractivity contribution in [2.45, 2.75) is 76.4 Å². The molecule has 0 radical (unpaired) electrons. The highest BCUT2D eigenvalue weighted by Gasteiger charge is 2.27. The monoisotopic (exact) mass is 443 g/mol. The number of nitrogens with zero attached hydrogens (tertiary/aromatic N) is 1. The van der Waals surface area contributed by atoms with Gasteiger partial charge in [-0.05, 0) is 50.0 Å². The minimum Gasteiger partial charge on any atom is -0.493 e. The van der Waals surface area contributed by atoms with Crippen LogP contribution >= 0.6 is 12.2 Å². The van der Waals surface area contributed by atoms with E-state index in [9.17, 15) is 4.79 Å². The van der Waals surface area contributed by atoms with Crippen molar-refractivity contribution in [2.24, 2.45) is 0 Å². The highest BCUT2D eigenvalue weighted by atomic mass is 32.1. The van der Waals surface area contributed by atoms with Gasteiger partial charge in [0.05, 0.1) is 26.3 Å². The molecule has 2 N–H and O–H groups in total. The van der Waals surface area contributed by atoms with Crippen LogP contribution in [0.5, 0.6) is 11.5 Å². The van der Waals surface area contributed by atoms with Crippen molar-refractivity contribution >= 4 is 28.2 Å². The fourth-order valence-corrected chi connectivity index (χ4v) is 5.35. The molecule has 1 aromatic carbocycles. The van der Waals surface area contributed by atoms with Crippen LogP contribution in [-0.2, 0) is 6.54 Å². The van der Waals surface area contributed by atoms with Gasteiger partial charge in [-0.3, -0.25) is 4.79 Å². The molecule has 0 aliphatic heterocycles. The summed E-state index contributed by atoms with van der Waals surface area (Å²) >= 11 is 5.87. The van der Waals surface area contributed by atoms with E-state index in [-0.39, 0.29) is 5.56 Å². The summed E-state index contributed by atoms with van der Waals surface area (Å²) in [7, 11) is 3.21. The Kier molecular flexibility index (Phi) is 7.00. The molecule has 1 aromatic heterocycles. The van der Waals surface area contributed by atoms with Crippen LogP contribution in [0.25, 0.3) is 10.9 Å². The van der Waals surface area contributed by atoms with Crippen LogP contribution in [0, 0.1) is 0 Å². The van der Waals surface area contributed by atoms with E-state index >= 15 is 0 Å². The van der Waals surface area contributed by atoms with Gasteiger partial charge in [0.25, 0.3) is 5.56 Å². The van der Waals surface area contributed by atoms with Gasteiger partial charge in [0.2, 0.25) is 0 Å². The van der Waals surface area contributed by atoms with Gasteiger partial charge in [0, 0.05) is 29.1 Å². The minimum atomic E-state index is -0.0804. The summed E-state index contributed by atoms with van der Waals surface area (Å²) in [6.45, 7) is 0.517. The maximum absolute atomic E-state index is 12.9. The Morgan fingerprint density at radius 3 is 2.35 bits per heavy atom. The third kappa shape index (κ3) is 4.97. The molecule has 2 aliphatic rings. The van der Waals surface area contributed by atoms with Gasteiger partial charge in [-0.2, -0.15) is 0 Å². The largest absolute Gasteiger partial charge is 0.493 e. The smallest absolute Gasteiger partial charge is 0.253 e. The molecule has 6 nitrogen and oxygen atoms in total. The van der Waals surface area contributed by atoms with Crippen molar-refractivity contribution in [2.75, 3.05) is 14.2 Å². The number of fused-ring (bicyclic) bond motifs is 1. The van der Waals surface area contributed by atoms with E-state index in [0.717, 1.165) is 34.4 Å². The summed E-state index contributed by atoms with van der Waals surface area (Å²) in [5.41, 5.74) is 1.38. The van der Waals surface area contributed by atoms with E-state index in [1.54, 1.807) is 14.2 Å². The van der Waals surface area contributed by atoms with Crippen LogP contribution < -0.4 is 20.3 Å². The predicted molar refractivity (Wildman–Crippen MR) is 128 cm³/mol. The maximum Gasteiger partial charge on any atom is 0.253 e. The molecule has 0 saturated heterocycles. The Morgan fingerprint density at radius 2 is 1.68 bits per heavy atom. The second-order valence-corrected chi connectivity index (χ2v) is 9.16. The summed E-state index contributed by atoms with van der Waals surface area (Å²) in [6, 6.07) is 6.53. The van der Waals surface area contributed by atoms with E-state index in [1.165, 1.54) is 44.9 Å². The Hall–Kier alpha value is -2.28. The van der Waals surface area contributed by atoms with E-state index in [2.05, 4.69) is 15.2 Å². The Bertz CT molecular complexity index is 978. The lowest BCUT2D eigenvalue weighted by Crippen LogP contribution is -2.49. The molecular formula is C24H33N3O3S. The zero-order chi connectivity index (χ0) is 21.8. The van der Waals surface area contributed by atoms with Crippen LogP contribution in [0.15, 0.2) is 23.0 Å². The number of aromatic nitrogens is 1. The fourth-order valence-electron chi connectivity index (χ4n) is 4.97. The first-order valence-corrected chi connectivity index (χ1v) is 11.8. The Labute approximate surface area is 189 Å². The molecule has 0 atom stereocenters. The molecule has 7 heteroatoms. The molecule has 31 heavy (non-hydrogen) atoms. The second kappa shape index (κ2) is 9.90. The number of benzene rings is 1. The summed E-state index contributed by atoms with van der Waals surface area (Å²) in [5.74, 6) is 1.25. The van der Waals surface area contributed by atoms with E-state index < -0.39 is 0 Å². The van der Waals surface area contributed by atoms with Gasteiger partial charge in [-0.1, -0.05) is 32.1 Å². The van der Waals surface area contributed by atoms with Crippen molar-refractivity contribution < 1.29 is 9.47 Å². The van der Waals surface area contributed by atoms with Gasteiger partial charge in [-0.25, -0.2) is 0 Å². The predicted octanol–water partition coefficient (Wildman–Crippen LogP) is 4.50. The van der Waals surface area contributed by atoms with Crippen molar-refractivity contribution in [1.82, 2.24) is 15.2 Å². The zero-order valence-electron chi connectivity index (χ0n) is 18.5. The van der Waals surface area contributed by atoms with Crippen LogP contribution in [0.4, 0.5) is 0 Å². The van der Waals surface area contributed by atoms with Gasteiger partial charge >= 0.3 is 0 Å². The number of pyridine rings is 1. The first-order chi connectivity index (χ1) is 15.1. The number of nitrogens with one attached hydrogen (secondary N) is 2. The first kappa shape index (κ1) is 21.9. The summed E-state index contributed by atoms with van der Waals surface area (Å²) in [5, 5.41) is 5.33. The van der Waals surface area contributed by atoms with Gasteiger partial charge in [0.1, 0.15) is 0 Å². The number of H-pyrrole nitrogens is 1. The highest BCUT2D eigenvalue weighted by Crippen LogP contribution is 2.31. The summed E-state index contributed by atoms with van der Waals surface area (Å²) in [6.07, 6.45) is 10.9. The number of hydrogen-bond donors (Lipinski definition) is 2. The fraction of sp³-hybridized carbons (Fsp3) is 0.583. The molecule has 0 spiro atoms. The average Bonchev–Trinajstić information content (AvgIpc) is 3.31. The Balaban J connectivity index is 1.61. The van der Waals surface area contributed by atoms with Crippen molar-refractivity contribution in [3.05, 3.63) is 34.1 Å². The third-order valence-electron chi connectivity index (χ3n) is 6.73. The quantitative estimate of drug-likeness (QED) is 0.641. The van der Waals surface area contributed by atoms with Gasteiger partial charge in [-0.15, -0.1) is 0 Å². The van der Waals surface area contributed by atoms with Gasteiger partial charge in [0.15, 0.2) is 16.6 Å². The van der Waals surface area contributed by atoms with Crippen LogP contribution in [0.3, 0.4) is 0 Å². The van der Waals surface area contributed by atoms with Crippen molar-refractivity contribution in [1.29, 1.82) is 0 Å². The molecule has 0 bridgehead atoms. The van der Waals surface area contributed by atoms with Crippen molar-refractivity contribution in [3.63, 3.8) is 0 Å². The zero-order valence-corrected chi connectivity index (χ0v) is 19.4. The summed E-state index contributed by atoms with van der Waals surface area (Å²) in [4.78, 5) is 18.2. The lowest BCUT2D eigenvalue weighted by Gasteiger charge is -2.34. The molecule has 168 valence electrons. The van der Waals surface area contributed by atoms with Crippen molar-refractivity contribution in [3.8, 4) is 11.5 Å². The second-order valence-electron chi connectivity index (χ2n) is 8.77. The molecule has 2 aromatic rings. The van der Waals surface area contributed by atoms with Crippen LogP contribution in [-0.4, -0.2) is 41.3 Å². The average molecular weight is 444 g/mol. The summed E-state index contributed by atoms with van der Waals surface area (Å²) < 4.78 is 10.8. The van der Waals surface area contributed by atoms with Crippen LogP contribution in [0.1, 0.15) is 63.4 Å². The number of thiocarbonyl (C=S) groups is 1. The number of rotatable bonds is 6. The molecule has 2 saturated carbocycles. The normalized spacial score (nSPS) is 17.6. The lowest BCUT2D eigenvalue weighted by molar-refractivity contribution is 0.292. The number of ether oxygens (including phenoxy) is 2. The van der Waals surface area contributed by atoms with E-state index in [4.69, 9.17) is 21.7 Å². The lowest BCUT2D eigenvalue weighted by atomic mass is 9.96. The molecule has 2 fully saturated rings. The van der Waals surface area contributed by atoms with E-state index in [1.807, 2.05) is 18.2 Å². The number of aromatic amines is 1. The minimum absolute atomic E-state index is 0.0804. The maximum atomic E-state index is 12.9. The highest BCUT2D eigenvalue weighted by molar-refractivity contribution is 7.80. The molecule has 1 heterocycles. The molecule has 0 amide bonds.